The number of imide groups is 1. The van der Waals surface area contributed by atoms with Gasteiger partial charge < -0.3 is 4.57 Å². The van der Waals surface area contributed by atoms with Gasteiger partial charge in [-0.25, -0.2) is 4.90 Å². The summed E-state index contributed by atoms with van der Waals surface area (Å²) in [5.74, 6) is -0.361. The number of benzene rings is 3. The zero-order chi connectivity index (χ0) is 27.0. The van der Waals surface area contributed by atoms with E-state index in [0.29, 0.717) is 15.6 Å². The van der Waals surface area contributed by atoms with Crippen molar-refractivity contribution in [3.8, 4) is 5.69 Å². The number of hydrogen-bond acceptors (Lipinski definition) is 6. The summed E-state index contributed by atoms with van der Waals surface area (Å²) in [6.45, 7) is 3.96. The highest BCUT2D eigenvalue weighted by Gasteiger charge is 2.36. The van der Waals surface area contributed by atoms with Crippen LogP contribution in [0.1, 0.15) is 17.0 Å². The van der Waals surface area contributed by atoms with Crippen molar-refractivity contribution in [3.05, 3.63) is 116 Å². The molecule has 0 radical (unpaired) electrons. The van der Waals surface area contributed by atoms with E-state index in [1.54, 1.807) is 42.5 Å². The van der Waals surface area contributed by atoms with Crippen molar-refractivity contribution in [2.45, 2.75) is 23.6 Å². The minimum Gasteiger partial charge on any atom is -0.318 e. The monoisotopic (exact) mass is 561 g/mol. The molecule has 0 saturated carbocycles. The van der Waals surface area contributed by atoms with E-state index >= 15 is 0 Å². The lowest BCUT2D eigenvalue weighted by molar-refractivity contribution is -0.384. The van der Waals surface area contributed by atoms with Gasteiger partial charge in [0.05, 0.1) is 15.5 Å². The lowest BCUT2D eigenvalue weighted by atomic mass is 10.2. The minimum absolute atomic E-state index is 0.0637. The number of aryl methyl sites for hydroxylation is 1. The van der Waals surface area contributed by atoms with Crippen LogP contribution in [0.5, 0.6) is 0 Å². The Labute approximate surface area is 232 Å². The Morgan fingerprint density at radius 3 is 2.08 bits per heavy atom. The highest BCUT2D eigenvalue weighted by molar-refractivity contribution is 8.19. The van der Waals surface area contributed by atoms with Crippen LogP contribution in [0.4, 0.5) is 16.2 Å². The quantitative estimate of drug-likeness (QED) is 0.134. The fourth-order valence-corrected chi connectivity index (χ4v) is 5.96. The van der Waals surface area contributed by atoms with E-state index < -0.39 is 4.92 Å². The third kappa shape index (κ3) is 5.13. The fourth-order valence-electron chi connectivity index (χ4n) is 4.19. The van der Waals surface area contributed by atoms with Crippen molar-refractivity contribution in [2.75, 3.05) is 4.90 Å². The molecule has 38 heavy (non-hydrogen) atoms. The molecular formula is C28H20ClN3O4S2. The number of thioether (sulfide) groups is 1. The van der Waals surface area contributed by atoms with Gasteiger partial charge in [0.2, 0.25) is 0 Å². The Hall–Kier alpha value is -3.79. The fraction of sp³-hybridized carbons (Fsp3) is 0.0714. The number of carbonyl (C=O) groups is 2. The number of hydrogen-bond donors (Lipinski definition) is 0. The average Bonchev–Trinajstić information content (AvgIpc) is 3.33. The van der Waals surface area contributed by atoms with E-state index in [4.69, 9.17) is 11.6 Å². The Kier molecular flexibility index (Phi) is 7.16. The molecule has 0 spiro atoms. The van der Waals surface area contributed by atoms with Gasteiger partial charge in [-0.05, 0) is 104 Å². The molecular weight excluding hydrogens is 542 g/mol. The first kappa shape index (κ1) is 25.8. The summed E-state index contributed by atoms with van der Waals surface area (Å²) in [5.41, 5.74) is 4.29. The summed E-state index contributed by atoms with van der Waals surface area (Å²) in [4.78, 5) is 39.6. The van der Waals surface area contributed by atoms with Gasteiger partial charge in [-0.15, -0.1) is 0 Å². The van der Waals surface area contributed by atoms with Crippen LogP contribution < -0.4 is 4.90 Å². The lowest BCUT2D eigenvalue weighted by Gasteiger charge is -2.12. The molecule has 3 aromatic carbocycles. The summed E-state index contributed by atoms with van der Waals surface area (Å²) in [5, 5.41) is 11.0. The maximum absolute atomic E-state index is 13.1. The summed E-state index contributed by atoms with van der Waals surface area (Å²) in [7, 11) is 0. The number of amides is 2. The third-order valence-corrected chi connectivity index (χ3v) is 8.15. The van der Waals surface area contributed by atoms with Crippen LogP contribution in [0.25, 0.3) is 11.8 Å². The first-order chi connectivity index (χ1) is 18.2. The van der Waals surface area contributed by atoms with Gasteiger partial charge in [0, 0.05) is 44.0 Å². The molecule has 2 amide bonds. The van der Waals surface area contributed by atoms with Crippen LogP contribution in [-0.4, -0.2) is 20.6 Å². The van der Waals surface area contributed by atoms with Crippen LogP contribution in [-0.2, 0) is 4.79 Å². The molecule has 1 aromatic heterocycles. The summed E-state index contributed by atoms with van der Waals surface area (Å²) >= 11 is 8.38. The number of rotatable bonds is 6. The van der Waals surface area contributed by atoms with E-state index in [2.05, 4.69) is 4.57 Å². The topological polar surface area (TPSA) is 85.5 Å². The number of aromatic nitrogens is 1. The molecule has 1 aliphatic heterocycles. The van der Waals surface area contributed by atoms with Gasteiger partial charge in [-0.3, -0.25) is 19.7 Å². The van der Waals surface area contributed by atoms with Crippen LogP contribution in [0.2, 0.25) is 5.02 Å². The van der Waals surface area contributed by atoms with Crippen molar-refractivity contribution in [1.29, 1.82) is 0 Å². The zero-order valence-corrected chi connectivity index (χ0v) is 22.6. The molecule has 7 nitrogen and oxygen atoms in total. The molecule has 0 bridgehead atoms. The molecule has 0 unspecified atom stereocenters. The maximum Gasteiger partial charge on any atom is 0.298 e. The van der Waals surface area contributed by atoms with E-state index in [9.17, 15) is 19.7 Å². The molecule has 190 valence electrons. The molecule has 10 heteroatoms. The number of non-ortho nitro benzene ring substituents is 1. The van der Waals surface area contributed by atoms with E-state index in [-0.39, 0.29) is 16.8 Å². The number of carbonyl (C=O) groups excluding carboxylic acids is 2. The molecule has 0 atom stereocenters. The van der Waals surface area contributed by atoms with Crippen LogP contribution in [0, 0.1) is 24.0 Å². The second-order valence-corrected chi connectivity index (χ2v) is 11.1. The molecule has 1 aliphatic rings. The average molecular weight is 562 g/mol. The summed E-state index contributed by atoms with van der Waals surface area (Å²) in [6.07, 6.45) is 1.76. The Bertz CT molecular complexity index is 1600. The third-order valence-electron chi connectivity index (χ3n) is 6.01. The van der Waals surface area contributed by atoms with Crippen molar-refractivity contribution in [1.82, 2.24) is 4.57 Å². The molecule has 0 aliphatic carbocycles. The SMILES string of the molecule is Cc1cc(/C=C2\SC(=O)N(c3ccc(Cl)cc3)C2=O)c(C)n1-c1ccc(Sc2ccc([N+](=O)[O-])cc2)cc1. The first-order valence-corrected chi connectivity index (χ1v) is 13.5. The first-order valence-electron chi connectivity index (χ1n) is 11.5. The van der Waals surface area contributed by atoms with Gasteiger partial charge in [0.25, 0.3) is 16.8 Å². The Balaban J connectivity index is 1.36. The Morgan fingerprint density at radius 2 is 1.47 bits per heavy atom. The van der Waals surface area contributed by atoms with Crippen molar-refractivity contribution < 1.29 is 14.5 Å². The van der Waals surface area contributed by atoms with Crippen LogP contribution in [0.3, 0.4) is 0 Å². The zero-order valence-electron chi connectivity index (χ0n) is 20.3. The van der Waals surface area contributed by atoms with E-state index in [1.807, 2.05) is 44.2 Å². The predicted molar refractivity (Wildman–Crippen MR) is 152 cm³/mol. The van der Waals surface area contributed by atoms with Gasteiger partial charge >= 0.3 is 0 Å². The molecule has 2 heterocycles. The summed E-state index contributed by atoms with van der Waals surface area (Å²) in [6, 6.07) is 23.0. The standard InChI is InChI=1S/C28H20ClN3O4S2/c1-17-15-19(16-26-27(33)31(28(34)38-26)22-5-3-20(29)4-6-22)18(2)30(17)21-7-11-24(12-8-21)37-25-13-9-23(10-14-25)32(35)36/h3-16H,1-2H3/b26-16-. The molecule has 1 saturated heterocycles. The second kappa shape index (κ2) is 10.5. The Morgan fingerprint density at radius 1 is 0.895 bits per heavy atom. The van der Waals surface area contributed by atoms with Gasteiger partial charge in [0.15, 0.2) is 0 Å². The lowest BCUT2D eigenvalue weighted by Crippen LogP contribution is -2.27. The summed E-state index contributed by atoms with van der Waals surface area (Å²) < 4.78 is 2.09. The highest BCUT2D eigenvalue weighted by Crippen LogP contribution is 2.37. The number of nitro benzene ring substituents is 1. The van der Waals surface area contributed by atoms with E-state index in [0.717, 1.165) is 49.1 Å². The van der Waals surface area contributed by atoms with Gasteiger partial charge in [-0.2, -0.15) is 0 Å². The molecule has 5 rings (SSSR count). The highest BCUT2D eigenvalue weighted by atomic mass is 35.5. The molecule has 4 aromatic rings. The van der Waals surface area contributed by atoms with Crippen LogP contribution in [0.15, 0.2) is 93.6 Å². The van der Waals surface area contributed by atoms with Crippen LogP contribution >= 0.6 is 35.1 Å². The predicted octanol–water partition coefficient (Wildman–Crippen LogP) is 8.05. The molecule has 1 fully saturated rings. The largest absolute Gasteiger partial charge is 0.318 e. The van der Waals surface area contributed by atoms with Crippen molar-refractivity contribution in [3.63, 3.8) is 0 Å². The molecule has 0 N–H and O–H groups in total. The normalized spacial score (nSPS) is 14.5. The van der Waals surface area contributed by atoms with Gasteiger partial charge in [0.1, 0.15) is 0 Å². The number of anilines is 1. The number of halogens is 1. The smallest absolute Gasteiger partial charge is 0.298 e. The number of nitrogens with zero attached hydrogens (tertiary/aromatic N) is 3. The van der Waals surface area contributed by atoms with E-state index in [1.165, 1.54) is 23.9 Å². The maximum atomic E-state index is 13.1. The minimum atomic E-state index is -0.413. The number of nitro groups is 1. The second-order valence-electron chi connectivity index (χ2n) is 8.50. The van der Waals surface area contributed by atoms with Crippen molar-refractivity contribution in [2.24, 2.45) is 0 Å². The van der Waals surface area contributed by atoms with Gasteiger partial charge in [-0.1, -0.05) is 23.4 Å². The van der Waals surface area contributed by atoms with Crippen molar-refractivity contribution >= 4 is 63.7 Å².